The van der Waals surface area contributed by atoms with Crippen LogP contribution in [0.4, 0.5) is 5.69 Å². The topological polar surface area (TPSA) is 38.0 Å². The average Bonchev–Trinajstić information content (AvgIpc) is 2.46. The Morgan fingerprint density at radius 2 is 1.74 bits per heavy atom. The molecule has 3 N–H and O–H groups in total. The number of nitrogens with two attached hydrogens (primary N) is 1. The van der Waals surface area contributed by atoms with E-state index in [4.69, 9.17) is 5.73 Å². The molecule has 0 saturated heterocycles. The lowest BCUT2D eigenvalue weighted by Crippen LogP contribution is -2.34. The van der Waals surface area contributed by atoms with E-state index in [1.807, 2.05) is 12.1 Å². The quantitative estimate of drug-likeness (QED) is 0.824. The average molecular weight is 252 g/mol. The zero-order valence-corrected chi connectivity index (χ0v) is 11.1. The maximum absolute atomic E-state index is 5.70. The molecule has 3 rings (SSSR count). The molecule has 2 nitrogen and oxygen atoms in total. The zero-order chi connectivity index (χ0) is 13.1. The summed E-state index contributed by atoms with van der Waals surface area (Å²) in [7, 11) is 0. The first-order valence-corrected chi connectivity index (χ1v) is 6.96. The van der Waals surface area contributed by atoms with Gasteiger partial charge in [-0.3, -0.25) is 0 Å². The largest absolute Gasteiger partial charge is 0.399 e. The molecule has 1 atom stereocenters. The van der Waals surface area contributed by atoms with E-state index in [1.165, 1.54) is 29.5 Å². The number of nitrogen functional groups attached to an aromatic ring is 1. The van der Waals surface area contributed by atoms with Crippen LogP contribution in [0.3, 0.4) is 0 Å². The molecular weight excluding hydrogens is 232 g/mol. The number of hydrogen-bond donors (Lipinski definition) is 2. The SMILES string of the molecule is Nc1ccc(CNC2CCc3ccccc3C2)cc1. The molecule has 1 aliphatic carbocycles. The molecule has 2 aromatic rings. The van der Waals surface area contributed by atoms with Gasteiger partial charge in [-0.05, 0) is 48.1 Å². The van der Waals surface area contributed by atoms with Gasteiger partial charge in [0.2, 0.25) is 0 Å². The highest BCUT2D eigenvalue weighted by molar-refractivity contribution is 5.39. The Hall–Kier alpha value is -1.80. The van der Waals surface area contributed by atoms with Gasteiger partial charge in [-0.2, -0.15) is 0 Å². The molecule has 0 saturated carbocycles. The van der Waals surface area contributed by atoms with Gasteiger partial charge in [0.25, 0.3) is 0 Å². The highest BCUT2D eigenvalue weighted by atomic mass is 14.9. The lowest BCUT2D eigenvalue weighted by atomic mass is 9.88. The van der Waals surface area contributed by atoms with E-state index in [2.05, 4.69) is 41.7 Å². The molecule has 0 spiro atoms. The van der Waals surface area contributed by atoms with E-state index in [-0.39, 0.29) is 0 Å². The summed E-state index contributed by atoms with van der Waals surface area (Å²) in [6, 6.07) is 17.5. The minimum atomic E-state index is 0.590. The van der Waals surface area contributed by atoms with Gasteiger partial charge in [0.1, 0.15) is 0 Å². The molecule has 2 aromatic carbocycles. The van der Waals surface area contributed by atoms with Crippen LogP contribution in [-0.2, 0) is 19.4 Å². The standard InChI is InChI=1S/C17H20N2/c18-16-8-5-13(6-9-16)12-19-17-10-7-14-3-1-2-4-15(14)11-17/h1-6,8-9,17,19H,7,10-12,18H2. The fourth-order valence-corrected chi connectivity index (χ4v) is 2.77. The van der Waals surface area contributed by atoms with Crippen LogP contribution >= 0.6 is 0 Å². The number of aryl methyl sites for hydroxylation is 1. The summed E-state index contributed by atoms with van der Waals surface area (Å²) in [6.07, 6.45) is 3.56. The predicted molar refractivity (Wildman–Crippen MR) is 79.9 cm³/mol. The second kappa shape index (κ2) is 5.45. The Labute approximate surface area is 114 Å². The molecule has 0 bridgehead atoms. The number of fused-ring (bicyclic) bond motifs is 1. The summed E-state index contributed by atoms with van der Waals surface area (Å²) in [5.74, 6) is 0. The van der Waals surface area contributed by atoms with Gasteiger partial charge in [-0.1, -0.05) is 36.4 Å². The van der Waals surface area contributed by atoms with Crippen molar-refractivity contribution in [2.24, 2.45) is 0 Å². The first-order valence-electron chi connectivity index (χ1n) is 6.96. The molecule has 19 heavy (non-hydrogen) atoms. The van der Waals surface area contributed by atoms with Crippen molar-refractivity contribution in [1.29, 1.82) is 0 Å². The Morgan fingerprint density at radius 1 is 1.00 bits per heavy atom. The molecule has 0 fully saturated rings. The van der Waals surface area contributed by atoms with Crippen molar-refractivity contribution >= 4 is 5.69 Å². The van der Waals surface area contributed by atoms with Crippen LogP contribution in [0.15, 0.2) is 48.5 Å². The van der Waals surface area contributed by atoms with Crippen molar-refractivity contribution in [2.45, 2.75) is 31.8 Å². The van der Waals surface area contributed by atoms with E-state index in [1.54, 1.807) is 0 Å². The lowest BCUT2D eigenvalue weighted by Gasteiger charge is -2.25. The molecule has 2 heteroatoms. The van der Waals surface area contributed by atoms with Crippen molar-refractivity contribution in [3.8, 4) is 0 Å². The number of rotatable bonds is 3. The van der Waals surface area contributed by atoms with Gasteiger partial charge in [-0.25, -0.2) is 0 Å². The summed E-state index contributed by atoms with van der Waals surface area (Å²) < 4.78 is 0. The van der Waals surface area contributed by atoms with Crippen molar-refractivity contribution < 1.29 is 0 Å². The van der Waals surface area contributed by atoms with E-state index in [0.717, 1.165) is 18.7 Å². The fraction of sp³-hybridized carbons (Fsp3) is 0.294. The van der Waals surface area contributed by atoms with E-state index in [9.17, 15) is 0 Å². The second-order valence-electron chi connectivity index (χ2n) is 5.33. The van der Waals surface area contributed by atoms with E-state index < -0.39 is 0 Å². The molecular formula is C17H20N2. The molecule has 0 aromatic heterocycles. The van der Waals surface area contributed by atoms with Gasteiger partial charge in [0.15, 0.2) is 0 Å². The van der Waals surface area contributed by atoms with Gasteiger partial charge < -0.3 is 11.1 Å². The fourth-order valence-electron chi connectivity index (χ4n) is 2.77. The number of hydrogen-bond acceptors (Lipinski definition) is 2. The zero-order valence-electron chi connectivity index (χ0n) is 11.1. The molecule has 0 heterocycles. The summed E-state index contributed by atoms with van der Waals surface area (Å²) in [5.41, 5.74) is 10.9. The predicted octanol–water partition coefficient (Wildman–Crippen LogP) is 2.92. The normalized spacial score (nSPS) is 18.0. The van der Waals surface area contributed by atoms with Gasteiger partial charge in [0, 0.05) is 18.3 Å². The highest BCUT2D eigenvalue weighted by Gasteiger charge is 2.17. The Kier molecular flexibility index (Phi) is 3.51. The van der Waals surface area contributed by atoms with E-state index >= 15 is 0 Å². The van der Waals surface area contributed by atoms with Gasteiger partial charge in [0.05, 0.1) is 0 Å². The smallest absolute Gasteiger partial charge is 0.0314 e. The molecule has 1 aliphatic rings. The second-order valence-corrected chi connectivity index (χ2v) is 5.33. The number of nitrogens with one attached hydrogen (secondary N) is 1. The summed E-state index contributed by atoms with van der Waals surface area (Å²) in [6.45, 7) is 0.924. The maximum atomic E-state index is 5.70. The Morgan fingerprint density at radius 3 is 2.53 bits per heavy atom. The third kappa shape index (κ3) is 2.96. The van der Waals surface area contributed by atoms with Crippen LogP contribution in [0.1, 0.15) is 23.1 Å². The summed E-state index contributed by atoms with van der Waals surface area (Å²) in [5, 5.41) is 3.66. The van der Waals surface area contributed by atoms with Crippen LogP contribution in [0.5, 0.6) is 0 Å². The van der Waals surface area contributed by atoms with Crippen molar-refractivity contribution in [3.05, 3.63) is 65.2 Å². The first-order chi connectivity index (χ1) is 9.31. The highest BCUT2D eigenvalue weighted by Crippen LogP contribution is 2.21. The lowest BCUT2D eigenvalue weighted by molar-refractivity contribution is 0.457. The maximum Gasteiger partial charge on any atom is 0.0314 e. The molecule has 1 unspecified atom stereocenters. The van der Waals surface area contributed by atoms with Crippen LogP contribution in [0.25, 0.3) is 0 Å². The molecule has 0 amide bonds. The number of benzene rings is 2. The Bertz CT molecular complexity index is 545. The van der Waals surface area contributed by atoms with Crippen LogP contribution in [0, 0.1) is 0 Å². The van der Waals surface area contributed by atoms with Crippen LogP contribution < -0.4 is 11.1 Å². The van der Waals surface area contributed by atoms with E-state index in [0.29, 0.717) is 6.04 Å². The minimum Gasteiger partial charge on any atom is -0.399 e. The van der Waals surface area contributed by atoms with Crippen LogP contribution in [0.2, 0.25) is 0 Å². The number of anilines is 1. The first kappa shape index (κ1) is 12.2. The molecule has 0 radical (unpaired) electrons. The Balaban J connectivity index is 1.59. The monoisotopic (exact) mass is 252 g/mol. The van der Waals surface area contributed by atoms with Crippen molar-refractivity contribution in [2.75, 3.05) is 5.73 Å². The van der Waals surface area contributed by atoms with Crippen LogP contribution in [-0.4, -0.2) is 6.04 Å². The molecule has 0 aliphatic heterocycles. The third-order valence-corrected chi connectivity index (χ3v) is 3.92. The summed E-state index contributed by atoms with van der Waals surface area (Å²) >= 11 is 0. The van der Waals surface area contributed by atoms with Gasteiger partial charge in [-0.15, -0.1) is 0 Å². The minimum absolute atomic E-state index is 0.590. The van der Waals surface area contributed by atoms with Crippen molar-refractivity contribution in [3.63, 3.8) is 0 Å². The molecule has 98 valence electrons. The van der Waals surface area contributed by atoms with Gasteiger partial charge >= 0.3 is 0 Å². The van der Waals surface area contributed by atoms with Crippen molar-refractivity contribution in [1.82, 2.24) is 5.32 Å². The summed E-state index contributed by atoms with van der Waals surface area (Å²) in [4.78, 5) is 0. The third-order valence-electron chi connectivity index (χ3n) is 3.92.